The average Bonchev–Trinajstić information content (AvgIpc) is 3.30. The predicted octanol–water partition coefficient (Wildman–Crippen LogP) is 4.16. The third kappa shape index (κ3) is 2.84. The first-order valence-electron chi connectivity index (χ1n) is 7.99. The Hall–Kier alpha value is -2.54. The Morgan fingerprint density at radius 2 is 2.00 bits per heavy atom. The van der Waals surface area contributed by atoms with E-state index in [-0.39, 0.29) is 0 Å². The Bertz CT molecular complexity index is 1040. The summed E-state index contributed by atoms with van der Waals surface area (Å²) in [6.45, 7) is 0.790. The Kier molecular flexibility index (Phi) is 3.68. The quantitative estimate of drug-likeness (QED) is 0.612. The van der Waals surface area contributed by atoms with Gasteiger partial charge in [0.25, 0.3) is 5.91 Å². The van der Waals surface area contributed by atoms with Gasteiger partial charge in [-0.1, -0.05) is 22.0 Å². The van der Waals surface area contributed by atoms with Gasteiger partial charge in [-0.15, -0.1) is 0 Å². The number of carbonyl (C=O) groups is 2. The third-order valence-electron chi connectivity index (χ3n) is 4.58. The molecule has 0 saturated heterocycles. The topological polar surface area (TPSA) is 97.3 Å². The molecule has 3 aromatic rings. The predicted molar refractivity (Wildman–Crippen MR) is 100 cm³/mol. The highest BCUT2D eigenvalue weighted by molar-refractivity contribution is 9.10. The number of carboxylic acid groups (broad SMARTS) is 1. The van der Waals surface area contributed by atoms with Crippen molar-refractivity contribution in [3.8, 4) is 0 Å². The monoisotopic (exact) mass is 401 g/mol. The Morgan fingerprint density at radius 1 is 1.24 bits per heavy atom. The molecule has 1 saturated carbocycles. The minimum Gasteiger partial charge on any atom is -0.465 e. The summed E-state index contributed by atoms with van der Waals surface area (Å²) in [5.41, 5.74) is 8.29. The van der Waals surface area contributed by atoms with E-state index in [0.717, 1.165) is 45.7 Å². The summed E-state index contributed by atoms with van der Waals surface area (Å²) in [6, 6.07) is 9.12. The second-order valence-corrected chi connectivity index (χ2v) is 7.35. The van der Waals surface area contributed by atoms with Gasteiger partial charge in [0.1, 0.15) is 0 Å². The summed E-state index contributed by atoms with van der Waals surface area (Å²) in [5, 5.41) is 13.3. The molecule has 1 aliphatic carbocycles. The summed E-state index contributed by atoms with van der Waals surface area (Å²) in [7, 11) is 0. The van der Waals surface area contributed by atoms with Gasteiger partial charge in [-0.2, -0.15) is 0 Å². The SMILES string of the molecule is NC(=O)c1cc(Br)cc2c3ccc(NC(=O)O)cc3n(CC3CC3)c12. The number of nitrogens with two attached hydrogens (primary N) is 1. The van der Waals surface area contributed by atoms with E-state index < -0.39 is 12.0 Å². The second-order valence-electron chi connectivity index (χ2n) is 6.43. The molecule has 6 nitrogen and oxygen atoms in total. The summed E-state index contributed by atoms with van der Waals surface area (Å²) in [5.74, 6) is 0.106. The van der Waals surface area contributed by atoms with Crippen molar-refractivity contribution >= 4 is 55.4 Å². The van der Waals surface area contributed by atoms with Gasteiger partial charge in [0.2, 0.25) is 0 Å². The van der Waals surface area contributed by atoms with Crippen LogP contribution in [0, 0.1) is 5.92 Å². The molecule has 1 aliphatic rings. The summed E-state index contributed by atoms with van der Waals surface area (Å²) in [4.78, 5) is 23.0. The van der Waals surface area contributed by atoms with Crippen molar-refractivity contribution in [3.05, 3.63) is 40.4 Å². The van der Waals surface area contributed by atoms with Crippen LogP contribution in [0.2, 0.25) is 0 Å². The van der Waals surface area contributed by atoms with E-state index in [4.69, 9.17) is 10.8 Å². The molecule has 4 rings (SSSR count). The standard InChI is InChI=1S/C18H16BrN3O3/c19-10-5-13-12-4-3-11(21-18(24)25)7-15(12)22(8-9-1-2-9)16(13)14(6-10)17(20)23/h3-7,9,21H,1-2,8H2,(H2,20,23)(H,24,25). The molecular weight excluding hydrogens is 386 g/mol. The normalized spacial score (nSPS) is 14.1. The number of nitrogens with zero attached hydrogens (tertiary/aromatic N) is 1. The van der Waals surface area contributed by atoms with Gasteiger partial charge in [-0.05, 0) is 43.0 Å². The van der Waals surface area contributed by atoms with Crippen LogP contribution in [-0.4, -0.2) is 21.7 Å². The number of halogens is 1. The Balaban J connectivity index is 2.06. The zero-order valence-corrected chi connectivity index (χ0v) is 14.8. The van der Waals surface area contributed by atoms with Gasteiger partial charge >= 0.3 is 6.09 Å². The van der Waals surface area contributed by atoms with Crippen LogP contribution >= 0.6 is 15.9 Å². The fourth-order valence-corrected chi connectivity index (χ4v) is 3.79. The summed E-state index contributed by atoms with van der Waals surface area (Å²) in [6.07, 6.45) is 1.22. The fraction of sp³-hybridized carbons (Fsp3) is 0.222. The Labute approximate surface area is 151 Å². The largest absolute Gasteiger partial charge is 0.465 e. The van der Waals surface area contributed by atoms with Crippen molar-refractivity contribution in [1.82, 2.24) is 4.57 Å². The van der Waals surface area contributed by atoms with Crippen LogP contribution in [-0.2, 0) is 6.54 Å². The molecule has 4 N–H and O–H groups in total. The zero-order valence-electron chi connectivity index (χ0n) is 13.3. The molecule has 0 radical (unpaired) electrons. The molecule has 0 atom stereocenters. The van der Waals surface area contributed by atoms with E-state index in [0.29, 0.717) is 17.2 Å². The lowest BCUT2D eigenvalue weighted by Gasteiger charge is -2.10. The number of aromatic nitrogens is 1. The zero-order chi connectivity index (χ0) is 17.7. The number of nitrogens with one attached hydrogen (secondary N) is 1. The lowest BCUT2D eigenvalue weighted by molar-refractivity contribution is 0.100. The molecule has 1 heterocycles. The van der Waals surface area contributed by atoms with E-state index in [2.05, 4.69) is 25.8 Å². The second kappa shape index (κ2) is 5.77. The molecule has 128 valence electrons. The van der Waals surface area contributed by atoms with E-state index in [1.54, 1.807) is 12.1 Å². The van der Waals surface area contributed by atoms with Crippen LogP contribution < -0.4 is 11.1 Å². The number of primary amides is 1. The van der Waals surface area contributed by atoms with Crippen LogP contribution in [0.3, 0.4) is 0 Å². The van der Waals surface area contributed by atoms with Crippen LogP contribution in [0.25, 0.3) is 21.8 Å². The molecule has 0 spiro atoms. The van der Waals surface area contributed by atoms with Crippen molar-refractivity contribution in [2.45, 2.75) is 19.4 Å². The van der Waals surface area contributed by atoms with E-state index in [9.17, 15) is 9.59 Å². The average molecular weight is 402 g/mol. The molecule has 0 bridgehead atoms. The molecule has 1 aromatic heterocycles. The number of anilines is 1. The lowest BCUT2D eigenvalue weighted by atomic mass is 10.1. The lowest BCUT2D eigenvalue weighted by Crippen LogP contribution is -2.13. The smallest absolute Gasteiger partial charge is 0.409 e. The molecule has 25 heavy (non-hydrogen) atoms. The van der Waals surface area contributed by atoms with E-state index in [1.165, 1.54) is 0 Å². The minimum absolute atomic E-state index is 0.467. The van der Waals surface area contributed by atoms with Crippen molar-refractivity contribution in [3.63, 3.8) is 0 Å². The number of amides is 2. The first kappa shape index (κ1) is 16.0. The molecule has 1 fully saturated rings. The maximum absolute atomic E-state index is 12.0. The molecule has 0 aliphatic heterocycles. The van der Waals surface area contributed by atoms with Crippen molar-refractivity contribution in [1.29, 1.82) is 0 Å². The van der Waals surface area contributed by atoms with Gasteiger partial charge in [0, 0.05) is 27.5 Å². The molecular formula is C18H16BrN3O3. The van der Waals surface area contributed by atoms with Gasteiger partial charge < -0.3 is 15.4 Å². The number of carbonyl (C=O) groups excluding carboxylic acids is 1. The van der Waals surface area contributed by atoms with E-state index in [1.807, 2.05) is 18.2 Å². The maximum Gasteiger partial charge on any atom is 0.409 e. The number of hydrogen-bond acceptors (Lipinski definition) is 2. The summed E-state index contributed by atoms with van der Waals surface area (Å²) < 4.78 is 2.88. The molecule has 2 amide bonds. The van der Waals surface area contributed by atoms with Gasteiger partial charge in [0.05, 0.1) is 16.6 Å². The molecule has 0 unspecified atom stereocenters. The fourth-order valence-electron chi connectivity index (χ4n) is 3.34. The van der Waals surface area contributed by atoms with E-state index >= 15 is 0 Å². The molecule has 2 aromatic carbocycles. The number of fused-ring (bicyclic) bond motifs is 3. The highest BCUT2D eigenvalue weighted by Gasteiger charge is 2.25. The van der Waals surface area contributed by atoms with Crippen molar-refractivity contribution in [2.24, 2.45) is 11.7 Å². The third-order valence-corrected chi connectivity index (χ3v) is 5.04. The highest BCUT2D eigenvalue weighted by atomic mass is 79.9. The summed E-state index contributed by atoms with van der Waals surface area (Å²) >= 11 is 3.45. The van der Waals surface area contributed by atoms with Crippen molar-refractivity contribution < 1.29 is 14.7 Å². The first-order valence-corrected chi connectivity index (χ1v) is 8.78. The van der Waals surface area contributed by atoms with Gasteiger partial charge in [0.15, 0.2) is 0 Å². The van der Waals surface area contributed by atoms with Gasteiger partial charge in [-0.3, -0.25) is 10.1 Å². The molecule has 7 heteroatoms. The minimum atomic E-state index is -1.11. The maximum atomic E-state index is 12.0. The highest BCUT2D eigenvalue weighted by Crippen LogP contribution is 2.39. The Morgan fingerprint density at radius 3 is 2.64 bits per heavy atom. The van der Waals surface area contributed by atoms with Crippen LogP contribution in [0.5, 0.6) is 0 Å². The first-order chi connectivity index (χ1) is 11.9. The van der Waals surface area contributed by atoms with Crippen LogP contribution in [0.15, 0.2) is 34.8 Å². The van der Waals surface area contributed by atoms with Crippen LogP contribution in [0.4, 0.5) is 10.5 Å². The van der Waals surface area contributed by atoms with Gasteiger partial charge in [-0.25, -0.2) is 4.79 Å². The van der Waals surface area contributed by atoms with Crippen LogP contribution in [0.1, 0.15) is 23.2 Å². The number of rotatable bonds is 4. The number of benzene rings is 2. The van der Waals surface area contributed by atoms with Crippen molar-refractivity contribution in [2.75, 3.05) is 5.32 Å². The number of hydrogen-bond donors (Lipinski definition) is 3.